The number of hydrogen-bond donors (Lipinski definition) is 3. The Balaban J connectivity index is 1.78. The molecule has 1 aliphatic rings. The number of hydrogen-bond acceptors (Lipinski definition) is 3. The molecule has 0 bridgehead atoms. The smallest absolute Gasteiger partial charge is 0.263 e. The van der Waals surface area contributed by atoms with Crippen LogP contribution >= 0.6 is 11.6 Å². The number of rotatable bonds is 6. The van der Waals surface area contributed by atoms with Crippen molar-refractivity contribution in [3.63, 3.8) is 0 Å². The van der Waals surface area contributed by atoms with Gasteiger partial charge in [0, 0.05) is 41.1 Å². The Morgan fingerprint density at radius 3 is 2.53 bits per heavy atom. The van der Waals surface area contributed by atoms with Gasteiger partial charge in [-0.25, -0.2) is 8.78 Å². The second kappa shape index (κ2) is 9.53. The molecule has 2 atom stereocenters. The fraction of sp³-hybridized carbons (Fsp3) is 0.364. The monoisotopic (exact) mass is 435 g/mol. The number of nitrogens with one attached hydrogen (secondary N) is 3. The van der Waals surface area contributed by atoms with Gasteiger partial charge in [0.05, 0.1) is 0 Å². The third kappa shape index (κ3) is 5.34. The van der Waals surface area contributed by atoms with Gasteiger partial charge in [-0.05, 0) is 23.3 Å². The van der Waals surface area contributed by atoms with Crippen molar-refractivity contribution < 1.29 is 18.4 Å². The van der Waals surface area contributed by atoms with Gasteiger partial charge in [-0.2, -0.15) is 0 Å². The van der Waals surface area contributed by atoms with Crippen LogP contribution in [0, 0.1) is 5.92 Å². The lowest BCUT2D eigenvalue weighted by Gasteiger charge is -2.33. The summed E-state index contributed by atoms with van der Waals surface area (Å²) in [7, 11) is 0. The number of carbonyl (C=O) groups is 2. The molecule has 2 unspecified atom stereocenters. The fourth-order valence-electron chi connectivity index (χ4n) is 3.28. The SMILES string of the molecule is CC(C)C(=O)NCc1ccc(Cl)c(C2NC(=O)CC(c3ccc(C(F)F)cc3)N2)c1. The first-order valence-corrected chi connectivity index (χ1v) is 10.1. The number of carbonyl (C=O) groups excluding carboxylic acids is 2. The largest absolute Gasteiger partial charge is 0.352 e. The van der Waals surface area contributed by atoms with E-state index in [4.69, 9.17) is 11.6 Å². The second-order valence-corrected chi connectivity index (χ2v) is 8.03. The molecule has 160 valence electrons. The van der Waals surface area contributed by atoms with E-state index in [1.54, 1.807) is 18.2 Å². The van der Waals surface area contributed by atoms with Crippen LogP contribution in [0.2, 0.25) is 5.02 Å². The topological polar surface area (TPSA) is 70.2 Å². The molecule has 1 aliphatic heterocycles. The van der Waals surface area contributed by atoms with Gasteiger partial charge in [0.2, 0.25) is 11.8 Å². The van der Waals surface area contributed by atoms with Crippen molar-refractivity contribution >= 4 is 23.4 Å². The fourth-order valence-corrected chi connectivity index (χ4v) is 3.51. The molecule has 3 N–H and O–H groups in total. The van der Waals surface area contributed by atoms with E-state index in [0.717, 1.165) is 11.1 Å². The molecule has 1 heterocycles. The van der Waals surface area contributed by atoms with Crippen LogP contribution < -0.4 is 16.0 Å². The zero-order valence-corrected chi connectivity index (χ0v) is 17.5. The second-order valence-electron chi connectivity index (χ2n) is 7.62. The Bertz CT molecular complexity index is 919. The van der Waals surface area contributed by atoms with Gasteiger partial charge in [0.1, 0.15) is 6.17 Å². The molecule has 0 aliphatic carbocycles. The van der Waals surface area contributed by atoms with Crippen LogP contribution in [0.4, 0.5) is 8.78 Å². The molecule has 0 aromatic heterocycles. The molecule has 0 spiro atoms. The lowest BCUT2D eigenvalue weighted by Crippen LogP contribution is -2.46. The van der Waals surface area contributed by atoms with E-state index >= 15 is 0 Å². The highest BCUT2D eigenvalue weighted by Gasteiger charge is 2.29. The Labute approximate surface area is 179 Å². The van der Waals surface area contributed by atoms with Crippen LogP contribution in [0.3, 0.4) is 0 Å². The summed E-state index contributed by atoms with van der Waals surface area (Å²) in [4.78, 5) is 24.1. The first-order valence-electron chi connectivity index (χ1n) is 9.74. The summed E-state index contributed by atoms with van der Waals surface area (Å²) in [5, 5.41) is 9.52. The summed E-state index contributed by atoms with van der Waals surface area (Å²) in [6.07, 6.45) is -2.89. The van der Waals surface area contributed by atoms with Crippen molar-refractivity contribution in [3.05, 3.63) is 69.7 Å². The number of halogens is 3. The lowest BCUT2D eigenvalue weighted by atomic mass is 9.97. The molecule has 0 saturated carbocycles. The van der Waals surface area contributed by atoms with Crippen molar-refractivity contribution in [2.24, 2.45) is 5.92 Å². The van der Waals surface area contributed by atoms with E-state index in [9.17, 15) is 18.4 Å². The van der Waals surface area contributed by atoms with Crippen LogP contribution in [0.5, 0.6) is 0 Å². The molecule has 8 heteroatoms. The summed E-state index contributed by atoms with van der Waals surface area (Å²) in [6.45, 7) is 3.98. The maximum Gasteiger partial charge on any atom is 0.263 e. The Kier molecular flexibility index (Phi) is 7.05. The molecular weight excluding hydrogens is 412 g/mol. The van der Waals surface area contributed by atoms with Crippen molar-refractivity contribution in [3.8, 4) is 0 Å². The Morgan fingerprint density at radius 1 is 1.20 bits per heavy atom. The lowest BCUT2D eigenvalue weighted by molar-refractivity contribution is -0.125. The van der Waals surface area contributed by atoms with E-state index in [0.29, 0.717) is 17.1 Å². The van der Waals surface area contributed by atoms with Crippen LogP contribution in [-0.4, -0.2) is 11.8 Å². The van der Waals surface area contributed by atoms with E-state index in [1.807, 2.05) is 26.0 Å². The minimum Gasteiger partial charge on any atom is -0.352 e. The predicted octanol–water partition coefficient (Wildman–Crippen LogP) is 4.40. The van der Waals surface area contributed by atoms with Gasteiger partial charge in [-0.1, -0.05) is 55.8 Å². The average Bonchev–Trinajstić information content (AvgIpc) is 2.72. The Hall–Kier alpha value is -2.51. The molecule has 0 radical (unpaired) electrons. The minimum atomic E-state index is -2.54. The first-order chi connectivity index (χ1) is 14.2. The van der Waals surface area contributed by atoms with Crippen molar-refractivity contribution in [2.45, 2.75) is 45.4 Å². The minimum absolute atomic E-state index is 0.0529. The Morgan fingerprint density at radius 2 is 1.90 bits per heavy atom. The molecule has 1 fully saturated rings. The summed E-state index contributed by atoms with van der Waals surface area (Å²) in [6, 6.07) is 11.0. The van der Waals surface area contributed by atoms with Crippen LogP contribution in [0.1, 0.15) is 61.2 Å². The van der Waals surface area contributed by atoms with Crippen molar-refractivity contribution in [2.75, 3.05) is 0 Å². The summed E-state index contributed by atoms with van der Waals surface area (Å²) in [5.41, 5.74) is 2.21. The van der Waals surface area contributed by atoms with Crippen molar-refractivity contribution in [1.29, 1.82) is 0 Å². The van der Waals surface area contributed by atoms with Gasteiger partial charge in [0.15, 0.2) is 0 Å². The summed E-state index contributed by atoms with van der Waals surface area (Å²) < 4.78 is 25.6. The molecule has 2 aromatic rings. The number of benzene rings is 2. The normalized spacial score (nSPS) is 19.1. The zero-order chi connectivity index (χ0) is 21.8. The average molecular weight is 436 g/mol. The summed E-state index contributed by atoms with van der Waals surface area (Å²) in [5.74, 6) is -0.340. The van der Waals surface area contributed by atoms with Gasteiger partial charge in [-0.3, -0.25) is 14.9 Å². The molecular formula is C22H24ClF2N3O2. The van der Waals surface area contributed by atoms with Gasteiger partial charge >= 0.3 is 0 Å². The molecule has 1 saturated heterocycles. The number of amides is 2. The summed E-state index contributed by atoms with van der Waals surface area (Å²) >= 11 is 6.38. The standard InChI is InChI=1S/C22H24ClF2N3O2/c1-12(2)22(30)26-11-13-3-8-17(23)16(9-13)21-27-18(10-19(29)28-21)14-4-6-15(7-5-14)20(24)25/h3-9,12,18,20-21,27H,10-11H2,1-2H3,(H,26,30)(H,28,29). The maximum atomic E-state index is 12.8. The zero-order valence-electron chi connectivity index (χ0n) is 16.7. The maximum absolute atomic E-state index is 12.8. The predicted molar refractivity (Wildman–Crippen MR) is 111 cm³/mol. The molecule has 5 nitrogen and oxygen atoms in total. The molecule has 2 amide bonds. The quantitative estimate of drug-likeness (QED) is 0.630. The van der Waals surface area contributed by atoms with E-state index in [2.05, 4.69) is 16.0 Å². The third-order valence-electron chi connectivity index (χ3n) is 5.02. The van der Waals surface area contributed by atoms with Gasteiger partial charge in [-0.15, -0.1) is 0 Å². The van der Waals surface area contributed by atoms with Crippen LogP contribution in [0.15, 0.2) is 42.5 Å². The van der Waals surface area contributed by atoms with E-state index in [1.165, 1.54) is 12.1 Å². The highest BCUT2D eigenvalue weighted by molar-refractivity contribution is 6.31. The van der Waals surface area contributed by atoms with E-state index in [-0.39, 0.29) is 35.8 Å². The molecule has 3 rings (SSSR count). The van der Waals surface area contributed by atoms with Crippen LogP contribution in [0.25, 0.3) is 0 Å². The van der Waals surface area contributed by atoms with Gasteiger partial charge in [0.25, 0.3) is 6.43 Å². The van der Waals surface area contributed by atoms with Crippen LogP contribution in [-0.2, 0) is 16.1 Å². The van der Waals surface area contributed by atoms with E-state index < -0.39 is 12.6 Å². The third-order valence-corrected chi connectivity index (χ3v) is 5.36. The molecule has 2 aromatic carbocycles. The molecule has 30 heavy (non-hydrogen) atoms. The highest BCUT2D eigenvalue weighted by Crippen LogP contribution is 2.30. The van der Waals surface area contributed by atoms with Crippen molar-refractivity contribution in [1.82, 2.24) is 16.0 Å². The first kappa shape index (κ1) is 22.2. The number of alkyl halides is 2. The van der Waals surface area contributed by atoms with Gasteiger partial charge < -0.3 is 10.6 Å². The highest BCUT2D eigenvalue weighted by atomic mass is 35.5.